The number of rotatable bonds is 7. The zero-order chi connectivity index (χ0) is 24.5. The Labute approximate surface area is 205 Å². The van der Waals surface area contributed by atoms with Gasteiger partial charge in [-0.1, -0.05) is 6.07 Å². The van der Waals surface area contributed by atoms with Crippen LogP contribution in [-0.4, -0.2) is 64.0 Å². The van der Waals surface area contributed by atoms with E-state index in [0.29, 0.717) is 36.0 Å². The van der Waals surface area contributed by atoms with E-state index in [0.717, 1.165) is 43.1 Å². The van der Waals surface area contributed by atoms with Crippen molar-refractivity contribution < 1.29 is 9.53 Å². The minimum Gasteiger partial charge on any atom is -0.381 e. The third-order valence-corrected chi connectivity index (χ3v) is 6.87. The van der Waals surface area contributed by atoms with E-state index < -0.39 is 0 Å². The quantitative estimate of drug-likeness (QED) is 0.556. The van der Waals surface area contributed by atoms with E-state index in [9.17, 15) is 4.79 Å². The number of fused-ring (bicyclic) bond motifs is 1. The molecule has 1 saturated heterocycles. The molecule has 1 amide bonds. The van der Waals surface area contributed by atoms with Gasteiger partial charge in [-0.15, -0.1) is 10.2 Å². The minimum absolute atomic E-state index is 0.0614. The molecule has 0 radical (unpaired) electrons. The van der Waals surface area contributed by atoms with Crippen LogP contribution in [0.2, 0.25) is 0 Å². The lowest BCUT2D eigenvalue weighted by Crippen LogP contribution is -2.27. The monoisotopic (exact) mass is 476 g/mol. The molecule has 0 aromatic carbocycles. The van der Waals surface area contributed by atoms with E-state index >= 15 is 0 Å². The molecular weight excluding hydrogens is 444 g/mol. The number of carbonyl (C=O) groups is 1. The van der Waals surface area contributed by atoms with E-state index in [1.165, 1.54) is 0 Å². The van der Waals surface area contributed by atoms with Gasteiger partial charge in [0.25, 0.3) is 5.91 Å². The number of amides is 1. The highest BCUT2D eigenvalue weighted by atomic mass is 16.5. The van der Waals surface area contributed by atoms with Crippen LogP contribution in [-0.2, 0) is 17.8 Å². The summed E-state index contributed by atoms with van der Waals surface area (Å²) in [7, 11) is 3.89. The topological polar surface area (TPSA) is 101 Å². The van der Waals surface area contributed by atoms with Gasteiger partial charge in [0.05, 0.1) is 17.8 Å². The van der Waals surface area contributed by atoms with Gasteiger partial charge in [-0.3, -0.25) is 9.69 Å². The van der Waals surface area contributed by atoms with Crippen LogP contribution in [0.15, 0.2) is 30.6 Å². The van der Waals surface area contributed by atoms with Crippen LogP contribution >= 0.6 is 0 Å². The molecule has 1 fully saturated rings. The van der Waals surface area contributed by atoms with Crippen LogP contribution in [0, 0.1) is 0 Å². The molecule has 3 aromatic rings. The molecular formula is C25H32N8O2. The molecule has 0 atom stereocenters. The van der Waals surface area contributed by atoms with Crippen molar-refractivity contribution in [2.75, 3.05) is 37.1 Å². The Hall–Kier alpha value is -3.37. The Balaban J connectivity index is 1.48. The smallest absolute Gasteiger partial charge is 0.260 e. The molecule has 10 nitrogen and oxygen atoms in total. The first-order valence-corrected chi connectivity index (χ1v) is 12.1. The van der Waals surface area contributed by atoms with Gasteiger partial charge in [-0.05, 0) is 51.9 Å². The Morgan fingerprint density at radius 2 is 2.03 bits per heavy atom. The van der Waals surface area contributed by atoms with Crippen molar-refractivity contribution in [3.05, 3.63) is 47.4 Å². The zero-order valence-electron chi connectivity index (χ0n) is 20.7. The van der Waals surface area contributed by atoms with E-state index in [4.69, 9.17) is 14.7 Å². The lowest BCUT2D eigenvalue weighted by molar-refractivity contribution is 0.0699. The number of hydrogen-bond acceptors (Lipinski definition) is 8. The highest BCUT2D eigenvalue weighted by molar-refractivity contribution is 6.10. The standard InChI is InChI=1S/C25H32N8O2/c1-16(2)31(4)23-12-18-19(21(29-23)13-26-3)14-32(25(18)34)22-7-5-6-20(28-22)24-30-27-15-33(24)17-8-10-35-11-9-17/h5-7,12,15-17,26H,8-11,13-14H2,1-4H3. The van der Waals surface area contributed by atoms with E-state index in [1.807, 2.05) is 38.4 Å². The fraction of sp³-hybridized carbons (Fsp3) is 0.480. The van der Waals surface area contributed by atoms with Crippen molar-refractivity contribution in [2.24, 2.45) is 0 Å². The van der Waals surface area contributed by atoms with Crippen LogP contribution in [0.1, 0.15) is 54.3 Å². The minimum atomic E-state index is -0.0614. The van der Waals surface area contributed by atoms with Gasteiger partial charge in [-0.25, -0.2) is 9.97 Å². The zero-order valence-corrected chi connectivity index (χ0v) is 20.7. The molecule has 5 rings (SSSR count). The molecule has 10 heteroatoms. The molecule has 35 heavy (non-hydrogen) atoms. The number of carbonyl (C=O) groups excluding carboxylic acids is 1. The predicted molar refractivity (Wildman–Crippen MR) is 133 cm³/mol. The van der Waals surface area contributed by atoms with Crippen molar-refractivity contribution in [1.29, 1.82) is 0 Å². The third kappa shape index (κ3) is 4.39. The van der Waals surface area contributed by atoms with Crippen molar-refractivity contribution in [3.8, 4) is 11.5 Å². The highest BCUT2D eigenvalue weighted by Crippen LogP contribution is 2.33. The van der Waals surface area contributed by atoms with Crippen molar-refractivity contribution >= 4 is 17.5 Å². The molecule has 2 aliphatic heterocycles. The summed E-state index contributed by atoms with van der Waals surface area (Å²) < 4.78 is 7.59. The highest BCUT2D eigenvalue weighted by Gasteiger charge is 2.33. The number of nitrogens with one attached hydrogen (secondary N) is 1. The van der Waals surface area contributed by atoms with Gasteiger partial charge >= 0.3 is 0 Å². The molecule has 5 heterocycles. The average Bonchev–Trinajstić information content (AvgIpc) is 3.50. The molecule has 184 valence electrons. The maximum absolute atomic E-state index is 13.6. The van der Waals surface area contributed by atoms with E-state index in [2.05, 4.69) is 38.8 Å². The Morgan fingerprint density at radius 3 is 2.77 bits per heavy atom. The number of ether oxygens (including phenoxy) is 1. The second kappa shape index (κ2) is 9.71. The fourth-order valence-corrected chi connectivity index (χ4v) is 4.65. The Morgan fingerprint density at radius 1 is 1.23 bits per heavy atom. The van der Waals surface area contributed by atoms with Gasteiger partial charge in [-0.2, -0.15) is 0 Å². The SMILES string of the molecule is CNCc1nc(N(C)C(C)C)cc2c1CN(c1cccc(-c3nncn3C3CCOCC3)n1)C2=O. The average molecular weight is 477 g/mol. The molecule has 1 N–H and O–H groups in total. The van der Waals surface area contributed by atoms with Gasteiger partial charge in [0.2, 0.25) is 0 Å². The van der Waals surface area contributed by atoms with Gasteiger partial charge < -0.3 is 19.5 Å². The summed E-state index contributed by atoms with van der Waals surface area (Å²) in [5.74, 6) is 2.04. The maximum atomic E-state index is 13.6. The summed E-state index contributed by atoms with van der Waals surface area (Å²) in [6.45, 7) is 6.70. The van der Waals surface area contributed by atoms with Crippen molar-refractivity contribution in [3.63, 3.8) is 0 Å². The van der Waals surface area contributed by atoms with Crippen LogP contribution in [0.25, 0.3) is 11.5 Å². The molecule has 0 saturated carbocycles. The molecule has 3 aromatic heterocycles. The summed E-state index contributed by atoms with van der Waals surface area (Å²) in [4.78, 5) is 27.1. The summed E-state index contributed by atoms with van der Waals surface area (Å²) in [6, 6.07) is 8.16. The Bertz CT molecular complexity index is 1220. The number of aromatic nitrogens is 5. The summed E-state index contributed by atoms with van der Waals surface area (Å²) in [5.41, 5.74) is 3.22. The van der Waals surface area contributed by atoms with E-state index in [-0.39, 0.29) is 18.0 Å². The van der Waals surface area contributed by atoms with Crippen LogP contribution < -0.4 is 15.1 Å². The lowest BCUT2D eigenvalue weighted by atomic mass is 10.1. The van der Waals surface area contributed by atoms with E-state index in [1.54, 1.807) is 11.2 Å². The second-order valence-electron chi connectivity index (χ2n) is 9.37. The number of pyridine rings is 2. The molecule has 0 bridgehead atoms. The first-order chi connectivity index (χ1) is 17.0. The second-order valence-corrected chi connectivity index (χ2v) is 9.37. The van der Waals surface area contributed by atoms with Gasteiger partial charge in [0.1, 0.15) is 23.7 Å². The number of hydrogen-bond donors (Lipinski definition) is 1. The maximum Gasteiger partial charge on any atom is 0.260 e. The fourth-order valence-electron chi connectivity index (χ4n) is 4.65. The molecule has 0 aliphatic carbocycles. The molecule has 0 spiro atoms. The first-order valence-electron chi connectivity index (χ1n) is 12.1. The van der Waals surface area contributed by atoms with Gasteiger partial charge in [0.15, 0.2) is 5.82 Å². The first kappa shape index (κ1) is 23.4. The van der Waals surface area contributed by atoms with Crippen LogP contribution in [0.5, 0.6) is 0 Å². The predicted octanol–water partition coefficient (Wildman–Crippen LogP) is 2.81. The largest absolute Gasteiger partial charge is 0.381 e. The molecule has 0 unspecified atom stereocenters. The third-order valence-electron chi connectivity index (χ3n) is 6.87. The number of anilines is 2. The summed E-state index contributed by atoms with van der Waals surface area (Å²) >= 11 is 0. The number of nitrogens with zero attached hydrogens (tertiary/aromatic N) is 7. The molecule has 2 aliphatic rings. The lowest BCUT2D eigenvalue weighted by Gasteiger charge is -2.24. The summed E-state index contributed by atoms with van der Waals surface area (Å²) in [5, 5.41) is 11.7. The normalized spacial score (nSPS) is 16.3. The van der Waals surface area contributed by atoms with Gasteiger partial charge in [0, 0.05) is 44.5 Å². The van der Waals surface area contributed by atoms with Crippen LogP contribution in [0.3, 0.4) is 0 Å². The van der Waals surface area contributed by atoms with Crippen molar-refractivity contribution in [1.82, 2.24) is 30.0 Å². The van der Waals surface area contributed by atoms with Crippen LogP contribution in [0.4, 0.5) is 11.6 Å². The summed E-state index contributed by atoms with van der Waals surface area (Å²) in [6.07, 6.45) is 3.59. The van der Waals surface area contributed by atoms with Crippen molar-refractivity contribution in [2.45, 2.75) is 51.9 Å². The Kier molecular flexibility index (Phi) is 6.48.